The third-order valence-electron chi connectivity index (χ3n) is 3.64. The molecule has 0 spiro atoms. The Balaban J connectivity index is 2.23. The number of amides is 1. The lowest BCUT2D eigenvalue weighted by molar-refractivity contribution is -0.129. The second-order valence-corrected chi connectivity index (χ2v) is 5.93. The van der Waals surface area contributed by atoms with Gasteiger partial charge < -0.3 is 9.47 Å². The van der Waals surface area contributed by atoms with E-state index in [1.54, 1.807) is 24.1 Å². The second kappa shape index (κ2) is 5.10. The topological polar surface area (TPSA) is 38.1 Å². The first kappa shape index (κ1) is 14.0. The molecule has 0 radical (unpaired) electrons. The van der Waals surface area contributed by atoms with Crippen LogP contribution >= 0.6 is 34.8 Å². The van der Waals surface area contributed by atoms with E-state index in [4.69, 9.17) is 34.8 Å². The van der Waals surface area contributed by atoms with E-state index in [0.717, 1.165) is 18.5 Å². The minimum absolute atomic E-state index is 0.0711. The number of imidazole rings is 1. The number of alkyl halides is 1. The fourth-order valence-electron chi connectivity index (χ4n) is 2.63. The first-order valence-electron chi connectivity index (χ1n) is 6.19. The summed E-state index contributed by atoms with van der Waals surface area (Å²) in [6.07, 6.45) is 0.741. The van der Waals surface area contributed by atoms with Gasteiger partial charge in [-0.3, -0.25) is 4.79 Å². The normalized spacial score (nSPS) is 19.3. The number of rotatable bonds is 2. The van der Waals surface area contributed by atoms with E-state index in [-0.39, 0.29) is 17.8 Å². The smallest absolute Gasteiger partial charge is 0.245 e. The third kappa shape index (κ3) is 2.07. The summed E-state index contributed by atoms with van der Waals surface area (Å²) in [5, 5.41) is 0.889. The summed E-state index contributed by atoms with van der Waals surface area (Å²) < 4.78 is 1.89. The number of nitrogens with zero attached hydrogens (tertiary/aromatic N) is 3. The summed E-state index contributed by atoms with van der Waals surface area (Å²) in [6, 6.07) is 3.18. The van der Waals surface area contributed by atoms with Crippen LogP contribution in [0.4, 0.5) is 0 Å². The highest BCUT2D eigenvalue weighted by Crippen LogP contribution is 2.33. The van der Waals surface area contributed by atoms with Gasteiger partial charge in [0.25, 0.3) is 0 Å². The molecule has 0 N–H and O–H groups in total. The number of hydrogen-bond acceptors (Lipinski definition) is 2. The fraction of sp³-hybridized carbons (Fsp3) is 0.385. The van der Waals surface area contributed by atoms with E-state index in [9.17, 15) is 4.79 Å². The van der Waals surface area contributed by atoms with E-state index < -0.39 is 0 Å². The number of likely N-dealkylation sites (N-methyl/N-ethyl adjacent to an activating group) is 1. The minimum Gasteiger partial charge on any atom is -0.344 e. The van der Waals surface area contributed by atoms with Crippen LogP contribution in [0.15, 0.2) is 12.1 Å². The zero-order chi connectivity index (χ0) is 14.4. The molecule has 7 heteroatoms. The second-order valence-electron chi connectivity index (χ2n) is 4.85. The molecule has 20 heavy (non-hydrogen) atoms. The van der Waals surface area contributed by atoms with E-state index in [0.29, 0.717) is 21.4 Å². The van der Waals surface area contributed by atoms with Crippen molar-refractivity contribution in [1.82, 2.24) is 14.5 Å². The van der Waals surface area contributed by atoms with E-state index in [1.165, 1.54) is 0 Å². The van der Waals surface area contributed by atoms with Crippen molar-refractivity contribution in [3.63, 3.8) is 0 Å². The molecule has 2 heterocycles. The molecule has 1 saturated heterocycles. The molecule has 1 amide bonds. The van der Waals surface area contributed by atoms with Crippen LogP contribution in [0.25, 0.3) is 11.0 Å². The van der Waals surface area contributed by atoms with Crippen LogP contribution in [0.5, 0.6) is 0 Å². The van der Waals surface area contributed by atoms with Crippen molar-refractivity contribution in [2.24, 2.45) is 0 Å². The summed E-state index contributed by atoms with van der Waals surface area (Å²) >= 11 is 18.1. The molecule has 0 saturated carbocycles. The average molecular weight is 333 g/mol. The Morgan fingerprint density at radius 1 is 1.35 bits per heavy atom. The maximum Gasteiger partial charge on any atom is 0.245 e. The summed E-state index contributed by atoms with van der Waals surface area (Å²) in [7, 11) is 1.80. The predicted molar refractivity (Wildman–Crippen MR) is 80.6 cm³/mol. The Morgan fingerprint density at radius 3 is 2.65 bits per heavy atom. The summed E-state index contributed by atoms with van der Waals surface area (Å²) in [6.45, 7) is 0.728. The number of halogens is 3. The van der Waals surface area contributed by atoms with Gasteiger partial charge in [0.1, 0.15) is 11.9 Å². The van der Waals surface area contributed by atoms with Crippen molar-refractivity contribution in [2.45, 2.75) is 18.3 Å². The van der Waals surface area contributed by atoms with Gasteiger partial charge in [-0.25, -0.2) is 4.98 Å². The van der Waals surface area contributed by atoms with Crippen molar-refractivity contribution in [2.75, 3.05) is 13.6 Å². The Morgan fingerprint density at radius 2 is 2.05 bits per heavy atom. The van der Waals surface area contributed by atoms with Crippen LogP contribution in [-0.4, -0.2) is 34.0 Å². The molecule has 1 unspecified atom stereocenters. The molecule has 1 aliphatic rings. The molecule has 106 valence electrons. The molecule has 0 aliphatic carbocycles. The van der Waals surface area contributed by atoms with Crippen LogP contribution in [0.2, 0.25) is 10.0 Å². The minimum atomic E-state index is -0.268. The van der Waals surface area contributed by atoms with Gasteiger partial charge in [-0.15, -0.1) is 11.6 Å². The number of fused-ring (bicyclic) bond motifs is 1. The molecule has 2 aromatic rings. The molecule has 1 atom stereocenters. The molecule has 0 bridgehead atoms. The largest absolute Gasteiger partial charge is 0.344 e. The maximum absolute atomic E-state index is 12.2. The molecular weight excluding hydrogens is 321 g/mol. The van der Waals surface area contributed by atoms with Gasteiger partial charge in [0.2, 0.25) is 5.91 Å². The molecule has 1 aromatic heterocycles. The number of carbonyl (C=O) groups is 1. The number of benzene rings is 1. The predicted octanol–water partition coefficient (Wildman–Crippen LogP) is 3.49. The zero-order valence-electron chi connectivity index (χ0n) is 10.7. The number of hydrogen-bond donors (Lipinski definition) is 0. The SMILES string of the molecule is CN1CCC(n2c(CCl)nc3cc(Cl)c(Cl)cc32)C1=O. The van der Waals surface area contributed by atoms with Crippen molar-refractivity contribution >= 4 is 51.7 Å². The number of carbonyl (C=O) groups excluding carboxylic acids is 1. The highest BCUT2D eigenvalue weighted by atomic mass is 35.5. The van der Waals surface area contributed by atoms with Gasteiger partial charge in [0, 0.05) is 13.6 Å². The molecular formula is C13H12Cl3N3O. The Kier molecular flexibility index (Phi) is 3.56. The Labute approximate surface area is 131 Å². The van der Waals surface area contributed by atoms with Crippen molar-refractivity contribution in [3.8, 4) is 0 Å². The van der Waals surface area contributed by atoms with Gasteiger partial charge in [-0.2, -0.15) is 0 Å². The third-order valence-corrected chi connectivity index (χ3v) is 4.60. The van der Waals surface area contributed by atoms with Gasteiger partial charge in [0.05, 0.1) is 27.0 Å². The molecule has 4 nitrogen and oxygen atoms in total. The lowest BCUT2D eigenvalue weighted by Crippen LogP contribution is -2.25. The lowest BCUT2D eigenvalue weighted by Gasteiger charge is -2.15. The van der Waals surface area contributed by atoms with Gasteiger partial charge in [-0.1, -0.05) is 23.2 Å². The zero-order valence-corrected chi connectivity index (χ0v) is 13.0. The van der Waals surface area contributed by atoms with Gasteiger partial charge in [-0.05, 0) is 18.6 Å². The van der Waals surface area contributed by atoms with E-state index >= 15 is 0 Å². The van der Waals surface area contributed by atoms with Crippen LogP contribution in [0, 0.1) is 0 Å². The van der Waals surface area contributed by atoms with Gasteiger partial charge >= 0.3 is 0 Å². The Hall–Kier alpha value is -0.970. The summed E-state index contributed by atoms with van der Waals surface area (Å²) in [4.78, 5) is 18.4. The number of likely N-dealkylation sites (tertiary alicyclic amines) is 1. The first-order chi connectivity index (χ1) is 9.52. The van der Waals surface area contributed by atoms with Crippen molar-refractivity contribution in [1.29, 1.82) is 0 Å². The molecule has 3 rings (SSSR count). The fourth-order valence-corrected chi connectivity index (χ4v) is 3.13. The molecule has 1 aliphatic heterocycles. The number of aromatic nitrogens is 2. The van der Waals surface area contributed by atoms with Crippen LogP contribution in [-0.2, 0) is 10.7 Å². The van der Waals surface area contributed by atoms with Crippen LogP contribution in [0.1, 0.15) is 18.3 Å². The van der Waals surface area contributed by atoms with Crippen molar-refractivity contribution in [3.05, 3.63) is 28.0 Å². The van der Waals surface area contributed by atoms with Crippen molar-refractivity contribution < 1.29 is 4.79 Å². The summed E-state index contributed by atoms with van der Waals surface area (Å²) in [5.74, 6) is 0.965. The summed E-state index contributed by atoms with van der Waals surface area (Å²) in [5.41, 5.74) is 1.50. The maximum atomic E-state index is 12.2. The quantitative estimate of drug-likeness (QED) is 0.790. The highest BCUT2D eigenvalue weighted by Gasteiger charge is 2.33. The standard InChI is InChI=1S/C13H12Cl3N3O/c1-18-3-2-10(13(18)20)19-11-5-8(16)7(15)4-9(11)17-12(19)6-14/h4-5,10H,2-3,6H2,1H3. The monoisotopic (exact) mass is 331 g/mol. The lowest BCUT2D eigenvalue weighted by atomic mass is 10.2. The highest BCUT2D eigenvalue weighted by molar-refractivity contribution is 6.42. The molecule has 1 fully saturated rings. The first-order valence-corrected chi connectivity index (χ1v) is 7.48. The van der Waals surface area contributed by atoms with E-state index in [2.05, 4.69) is 4.98 Å². The van der Waals surface area contributed by atoms with Crippen LogP contribution < -0.4 is 0 Å². The van der Waals surface area contributed by atoms with E-state index in [1.807, 2.05) is 4.57 Å². The average Bonchev–Trinajstić information content (AvgIpc) is 2.92. The van der Waals surface area contributed by atoms with Crippen LogP contribution in [0.3, 0.4) is 0 Å². The molecule has 1 aromatic carbocycles. The van der Waals surface area contributed by atoms with Gasteiger partial charge in [0.15, 0.2) is 0 Å². The Bertz CT molecular complexity index is 698.